The number of hydrogen-bond acceptors (Lipinski definition) is 5. The number of aliphatic hydroxyl groups excluding tert-OH is 1. The Balaban J connectivity index is 1.64. The van der Waals surface area contributed by atoms with Crippen LogP contribution in [0, 0.1) is 17.3 Å². The molecule has 3 fully saturated rings. The molecular weight excluding hydrogens is 494 g/mol. The van der Waals surface area contributed by atoms with E-state index in [0.717, 1.165) is 25.7 Å². The van der Waals surface area contributed by atoms with Gasteiger partial charge in [0.25, 0.3) is 0 Å². The second-order valence-corrected chi connectivity index (χ2v) is 13.9. The molecule has 0 aliphatic carbocycles. The number of likely N-dealkylation sites (tertiary alicyclic amines) is 1. The molecule has 3 N–H and O–H groups in total. The van der Waals surface area contributed by atoms with E-state index in [1.165, 1.54) is 0 Å². The largest absolute Gasteiger partial charge is 0.396 e. The van der Waals surface area contributed by atoms with Crippen molar-refractivity contribution in [2.24, 2.45) is 17.3 Å². The summed E-state index contributed by atoms with van der Waals surface area (Å²) in [5.41, 5.74) is -1.65. The number of benzene rings is 1. The van der Waals surface area contributed by atoms with Gasteiger partial charge in [-0.15, -0.1) is 0 Å². The number of hydrogen-bond donors (Lipinski definition) is 3. The summed E-state index contributed by atoms with van der Waals surface area (Å²) in [7, 11) is 0. The maximum absolute atomic E-state index is 14.2. The number of nitrogens with zero attached hydrogens (tertiary/aromatic N) is 1. The predicted molar refractivity (Wildman–Crippen MR) is 151 cm³/mol. The molecule has 3 aliphatic heterocycles. The molecule has 0 saturated carbocycles. The molecule has 2 unspecified atom stereocenters. The molecule has 216 valence electrons. The van der Waals surface area contributed by atoms with Crippen molar-refractivity contribution < 1.29 is 24.2 Å². The van der Waals surface area contributed by atoms with Gasteiger partial charge >= 0.3 is 0 Å². The Morgan fingerprint density at radius 3 is 2.33 bits per heavy atom. The predicted octanol–water partition coefficient (Wildman–Crippen LogP) is 4.27. The molecule has 0 aromatic heterocycles. The number of carbonyl (C=O) groups excluding carboxylic acids is 3. The molecule has 3 aliphatic rings. The highest BCUT2D eigenvalue weighted by Gasteiger charge is 2.77. The third-order valence-electron chi connectivity index (χ3n) is 8.59. The number of anilines is 1. The van der Waals surface area contributed by atoms with Crippen LogP contribution in [0.5, 0.6) is 0 Å². The molecule has 5 atom stereocenters. The van der Waals surface area contributed by atoms with Gasteiger partial charge in [-0.05, 0) is 70.4 Å². The van der Waals surface area contributed by atoms with Crippen LogP contribution >= 0.6 is 0 Å². The summed E-state index contributed by atoms with van der Waals surface area (Å²) in [4.78, 5) is 43.7. The first kappa shape index (κ1) is 29.5. The van der Waals surface area contributed by atoms with Gasteiger partial charge in [0, 0.05) is 24.4 Å². The van der Waals surface area contributed by atoms with Crippen LogP contribution in [0.3, 0.4) is 0 Å². The van der Waals surface area contributed by atoms with E-state index in [9.17, 15) is 14.4 Å². The van der Waals surface area contributed by atoms with Crippen LogP contribution in [-0.2, 0) is 19.1 Å². The summed E-state index contributed by atoms with van der Waals surface area (Å²) in [5, 5.41) is 15.4. The first-order chi connectivity index (χ1) is 18.2. The molecule has 8 heteroatoms. The molecule has 8 nitrogen and oxygen atoms in total. The monoisotopic (exact) mass is 541 g/mol. The Hall–Kier alpha value is -2.45. The average Bonchev–Trinajstić information content (AvgIpc) is 3.38. The van der Waals surface area contributed by atoms with Crippen molar-refractivity contribution in [3.8, 4) is 0 Å². The fourth-order valence-corrected chi connectivity index (χ4v) is 7.63. The minimum Gasteiger partial charge on any atom is -0.396 e. The minimum absolute atomic E-state index is 0.00585. The lowest BCUT2D eigenvalue weighted by atomic mass is 9.66. The maximum atomic E-state index is 14.2. The number of amides is 3. The van der Waals surface area contributed by atoms with Gasteiger partial charge in [0.05, 0.1) is 17.4 Å². The first-order valence-corrected chi connectivity index (χ1v) is 14.5. The summed E-state index contributed by atoms with van der Waals surface area (Å²) in [6, 6.07) is 8.46. The van der Waals surface area contributed by atoms with Gasteiger partial charge in [-0.25, -0.2) is 0 Å². The molecule has 0 radical (unpaired) electrons. The van der Waals surface area contributed by atoms with Crippen molar-refractivity contribution in [1.82, 2.24) is 10.2 Å². The molecule has 3 amide bonds. The Morgan fingerprint density at radius 2 is 1.69 bits per heavy atom. The highest BCUT2D eigenvalue weighted by Crippen LogP contribution is 2.63. The first-order valence-electron chi connectivity index (χ1n) is 14.5. The number of carbonyl (C=O) groups is 3. The van der Waals surface area contributed by atoms with Crippen molar-refractivity contribution >= 4 is 23.4 Å². The molecular formula is C31H47N3O5. The van der Waals surface area contributed by atoms with Gasteiger partial charge < -0.3 is 25.4 Å². The number of ether oxygens (including phenoxy) is 1. The van der Waals surface area contributed by atoms with Crippen molar-refractivity contribution in [2.45, 2.75) is 109 Å². The topological polar surface area (TPSA) is 108 Å². The van der Waals surface area contributed by atoms with E-state index >= 15 is 0 Å². The zero-order valence-corrected chi connectivity index (χ0v) is 24.5. The van der Waals surface area contributed by atoms with Crippen LogP contribution in [0.1, 0.15) is 86.5 Å². The Kier molecular flexibility index (Phi) is 8.21. The van der Waals surface area contributed by atoms with Crippen molar-refractivity contribution in [2.75, 3.05) is 18.5 Å². The van der Waals surface area contributed by atoms with Gasteiger partial charge in [-0.2, -0.15) is 0 Å². The maximum Gasteiger partial charge on any atom is 0.246 e. The highest BCUT2D eigenvalue weighted by atomic mass is 16.5. The standard InChI is InChI=1S/C31H47N3O5/c1-28(2,3)20-29(4,5)33-26(37)24-31-17-16-30(6,39-31)22(25(36)32-21-14-10-9-11-15-21)23(31)27(38)34(24)18-12-7-8-13-19-35/h9-11,14-15,22-24,35H,7-8,12-13,16-20H2,1-6H3,(H,32,36)(H,33,37)/t22-,23-,24?,30+,31?/m0/s1. The minimum atomic E-state index is -1.03. The van der Waals surface area contributed by atoms with Crippen LogP contribution in [0.25, 0.3) is 0 Å². The lowest BCUT2D eigenvalue weighted by Crippen LogP contribution is -2.59. The quantitative estimate of drug-likeness (QED) is 0.363. The molecule has 3 heterocycles. The highest BCUT2D eigenvalue weighted by molar-refractivity contribution is 6.02. The second kappa shape index (κ2) is 10.8. The van der Waals surface area contributed by atoms with Gasteiger partial charge in [0.2, 0.25) is 17.7 Å². The number of aliphatic hydroxyl groups is 1. The summed E-state index contributed by atoms with van der Waals surface area (Å²) in [5.74, 6) is -2.00. The van der Waals surface area contributed by atoms with Gasteiger partial charge in [-0.1, -0.05) is 51.8 Å². The van der Waals surface area contributed by atoms with E-state index in [4.69, 9.17) is 9.84 Å². The SMILES string of the molecule is CC(C)(C)CC(C)(C)NC(=O)C1N(CCCCCCO)C(=O)[C@@H]2[C@@H](C(=O)Nc3ccccc3)[C@@]3(C)CCC12O3. The normalized spacial score (nSPS) is 30.0. The van der Waals surface area contributed by atoms with Gasteiger partial charge in [0.15, 0.2) is 0 Å². The van der Waals surface area contributed by atoms with E-state index < -0.39 is 34.6 Å². The van der Waals surface area contributed by atoms with Crippen LogP contribution in [0.15, 0.2) is 30.3 Å². The molecule has 1 aromatic carbocycles. The zero-order valence-electron chi connectivity index (χ0n) is 24.5. The smallest absolute Gasteiger partial charge is 0.246 e. The third kappa shape index (κ3) is 5.87. The van der Waals surface area contributed by atoms with Crippen molar-refractivity contribution in [3.05, 3.63) is 30.3 Å². The summed E-state index contributed by atoms with van der Waals surface area (Å²) >= 11 is 0. The lowest BCUT2D eigenvalue weighted by molar-refractivity contribution is -0.146. The van der Waals surface area contributed by atoms with Gasteiger partial charge in [-0.3, -0.25) is 14.4 Å². The van der Waals surface area contributed by atoms with E-state index in [-0.39, 0.29) is 29.7 Å². The van der Waals surface area contributed by atoms with E-state index in [2.05, 4.69) is 31.4 Å². The summed E-state index contributed by atoms with van der Waals surface area (Å²) in [6.45, 7) is 13.0. The number of nitrogens with one attached hydrogen (secondary N) is 2. The second-order valence-electron chi connectivity index (χ2n) is 13.9. The van der Waals surface area contributed by atoms with Crippen molar-refractivity contribution in [3.63, 3.8) is 0 Å². The van der Waals surface area contributed by atoms with E-state index in [1.54, 1.807) is 4.90 Å². The molecule has 3 saturated heterocycles. The zero-order chi connectivity index (χ0) is 28.6. The summed E-state index contributed by atoms with van der Waals surface area (Å²) < 4.78 is 6.72. The van der Waals surface area contributed by atoms with Crippen LogP contribution in [0.2, 0.25) is 0 Å². The molecule has 2 bridgehead atoms. The van der Waals surface area contributed by atoms with Gasteiger partial charge in [0.1, 0.15) is 11.6 Å². The third-order valence-corrected chi connectivity index (χ3v) is 8.59. The Morgan fingerprint density at radius 1 is 1.03 bits per heavy atom. The van der Waals surface area contributed by atoms with Crippen molar-refractivity contribution in [1.29, 1.82) is 0 Å². The molecule has 4 rings (SSSR count). The Labute approximate surface area is 233 Å². The van der Waals surface area contributed by atoms with Crippen LogP contribution in [-0.4, -0.2) is 63.7 Å². The summed E-state index contributed by atoms with van der Waals surface area (Å²) in [6.07, 6.45) is 5.10. The Bertz CT molecular complexity index is 1070. The van der Waals surface area contributed by atoms with Crippen LogP contribution < -0.4 is 10.6 Å². The molecule has 39 heavy (non-hydrogen) atoms. The average molecular weight is 542 g/mol. The molecule has 1 spiro atoms. The number of rotatable bonds is 11. The number of fused-ring (bicyclic) bond motifs is 1. The number of para-hydroxylation sites is 1. The van der Waals surface area contributed by atoms with E-state index in [0.29, 0.717) is 31.5 Å². The van der Waals surface area contributed by atoms with Crippen LogP contribution in [0.4, 0.5) is 5.69 Å². The van der Waals surface area contributed by atoms with E-state index in [1.807, 2.05) is 51.1 Å². The fourth-order valence-electron chi connectivity index (χ4n) is 7.63. The number of unbranched alkanes of at least 4 members (excludes halogenated alkanes) is 3. The lowest BCUT2D eigenvalue weighted by Gasteiger charge is -2.38. The fraction of sp³-hybridized carbons (Fsp3) is 0.710. The molecule has 1 aromatic rings.